The molecular formula is C20H16N4OS. The largest absolute Gasteiger partial charge is 0.296 e. The molecule has 4 rings (SSSR count). The standard InChI is InChI=1S/C20H16N4OS/c1-12-8-9-17-15(10-12)11-16(13(2)21-17)18(25)22-20-24-23-19(26-20)14-6-4-3-5-7-14/h3-11H,1-2H3,(H,22,24,25). The fourth-order valence-corrected chi connectivity index (χ4v) is 3.50. The number of nitrogens with one attached hydrogen (secondary N) is 1. The first-order valence-electron chi connectivity index (χ1n) is 8.18. The van der Waals surface area contributed by atoms with Crippen molar-refractivity contribution in [2.75, 3.05) is 5.32 Å². The second kappa shape index (κ2) is 6.65. The number of amides is 1. The molecule has 0 atom stereocenters. The fourth-order valence-electron chi connectivity index (χ4n) is 2.76. The van der Waals surface area contributed by atoms with E-state index in [1.807, 2.05) is 68.4 Å². The Morgan fingerprint density at radius 3 is 2.62 bits per heavy atom. The number of carbonyl (C=O) groups is 1. The first-order chi connectivity index (χ1) is 12.6. The molecule has 0 radical (unpaired) electrons. The van der Waals surface area contributed by atoms with E-state index in [4.69, 9.17) is 0 Å². The monoisotopic (exact) mass is 360 g/mol. The molecule has 0 aliphatic heterocycles. The van der Waals surface area contributed by atoms with E-state index in [1.165, 1.54) is 11.3 Å². The van der Waals surface area contributed by atoms with E-state index in [-0.39, 0.29) is 5.91 Å². The summed E-state index contributed by atoms with van der Waals surface area (Å²) in [5.74, 6) is -0.228. The number of aryl methyl sites for hydroxylation is 2. The average molecular weight is 360 g/mol. The zero-order chi connectivity index (χ0) is 18.1. The number of anilines is 1. The molecule has 4 aromatic rings. The highest BCUT2D eigenvalue weighted by atomic mass is 32.1. The lowest BCUT2D eigenvalue weighted by Crippen LogP contribution is -2.14. The van der Waals surface area contributed by atoms with Crippen LogP contribution in [0.4, 0.5) is 5.13 Å². The Balaban J connectivity index is 1.61. The predicted octanol–water partition coefficient (Wildman–Crippen LogP) is 4.62. The Morgan fingerprint density at radius 2 is 1.81 bits per heavy atom. The van der Waals surface area contributed by atoms with Gasteiger partial charge < -0.3 is 0 Å². The van der Waals surface area contributed by atoms with Crippen molar-refractivity contribution in [2.45, 2.75) is 13.8 Å². The van der Waals surface area contributed by atoms with Crippen LogP contribution in [-0.4, -0.2) is 21.1 Å². The molecule has 0 fully saturated rings. The molecule has 5 nitrogen and oxygen atoms in total. The minimum absolute atomic E-state index is 0.228. The number of hydrogen-bond acceptors (Lipinski definition) is 5. The Morgan fingerprint density at radius 1 is 1.00 bits per heavy atom. The normalized spacial score (nSPS) is 10.8. The Bertz CT molecular complexity index is 1110. The van der Waals surface area contributed by atoms with Crippen LogP contribution in [-0.2, 0) is 0 Å². The lowest BCUT2D eigenvalue weighted by Gasteiger charge is -2.07. The fraction of sp³-hybridized carbons (Fsp3) is 0.100. The molecule has 0 unspecified atom stereocenters. The van der Waals surface area contributed by atoms with Crippen molar-refractivity contribution in [3.63, 3.8) is 0 Å². The predicted molar refractivity (Wildman–Crippen MR) is 105 cm³/mol. The summed E-state index contributed by atoms with van der Waals surface area (Å²) in [4.78, 5) is 17.2. The van der Waals surface area contributed by atoms with Crippen molar-refractivity contribution >= 4 is 33.3 Å². The van der Waals surface area contributed by atoms with Gasteiger partial charge in [0.1, 0.15) is 5.01 Å². The summed E-state index contributed by atoms with van der Waals surface area (Å²) in [5, 5.41) is 13.3. The van der Waals surface area contributed by atoms with E-state index < -0.39 is 0 Å². The lowest BCUT2D eigenvalue weighted by molar-refractivity contribution is 0.102. The van der Waals surface area contributed by atoms with Crippen LogP contribution in [0.5, 0.6) is 0 Å². The molecule has 0 saturated carbocycles. The summed E-state index contributed by atoms with van der Waals surface area (Å²) in [6.07, 6.45) is 0. The smallest absolute Gasteiger partial charge is 0.259 e. The third-order valence-electron chi connectivity index (χ3n) is 4.07. The molecule has 6 heteroatoms. The maximum Gasteiger partial charge on any atom is 0.259 e. The summed E-state index contributed by atoms with van der Waals surface area (Å²) in [6, 6.07) is 17.7. The van der Waals surface area contributed by atoms with Gasteiger partial charge >= 0.3 is 0 Å². The van der Waals surface area contributed by atoms with E-state index in [2.05, 4.69) is 20.5 Å². The molecule has 2 aromatic heterocycles. The molecule has 0 aliphatic rings. The number of pyridine rings is 1. The minimum atomic E-state index is -0.228. The Kier molecular flexibility index (Phi) is 4.18. The SMILES string of the molecule is Cc1ccc2nc(C)c(C(=O)Nc3nnc(-c4ccccc4)s3)cc2c1. The van der Waals surface area contributed by atoms with Gasteiger partial charge in [0.2, 0.25) is 5.13 Å². The number of benzene rings is 2. The third kappa shape index (κ3) is 3.19. The lowest BCUT2D eigenvalue weighted by atomic mass is 10.1. The highest BCUT2D eigenvalue weighted by Gasteiger charge is 2.15. The quantitative estimate of drug-likeness (QED) is 0.579. The van der Waals surface area contributed by atoms with Crippen molar-refractivity contribution in [1.29, 1.82) is 0 Å². The van der Waals surface area contributed by atoms with Gasteiger partial charge in [0, 0.05) is 10.9 Å². The van der Waals surface area contributed by atoms with Crippen molar-refractivity contribution in [3.8, 4) is 10.6 Å². The molecule has 1 N–H and O–H groups in total. The Hall–Kier alpha value is -3.12. The number of hydrogen-bond donors (Lipinski definition) is 1. The van der Waals surface area contributed by atoms with Gasteiger partial charge in [0.05, 0.1) is 16.8 Å². The maximum atomic E-state index is 12.7. The van der Waals surface area contributed by atoms with Gasteiger partial charge in [-0.05, 0) is 32.0 Å². The molecule has 0 aliphatic carbocycles. The third-order valence-corrected chi connectivity index (χ3v) is 4.96. The molecule has 2 heterocycles. The van der Waals surface area contributed by atoms with Gasteiger partial charge in [-0.2, -0.15) is 0 Å². The first-order valence-corrected chi connectivity index (χ1v) is 9.00. The Labute approximate surface area is 154 Å². The van der Waals surface area contributed by atoms with Crippen molar-refractivity contribution in [1.82, 2.24) is 15.2 Å². The molecule has 128 valence electrons. The van der Waals surface area contributed by atoms with Gasteiger partial charge in [-0.15, -0.1) is 10.2 Å². The van der Waals surface area contributed by atoms with Gasteiger partial charge in [0.15, 0.2) is 0 Å². The van der Waals surface area contributed by atoms with Crippen LogP contribution in [0.1, 0.15) is 21.6 Å². The number of fused-ring (bicyclic) bond motifs is 1. The van der Waals surface area contributed by atoms with Gasteiger partial charge in [-0.25, -0.2) is 0 Å². The number of carbonyl (C=O) groups excluding carboxylic acids is 1. The molecule has 2 aromatic carbocycles. The maximum absolute atomic E-state index is 12.7. The zero-order valence-electron chi connectivity index (χ0n) is 14.4. The summed E-state index contributed by atoms with van der Waals surface area (Å²) in [5.41, 5.74) is 4.22. The highest BCUT2D eigenvalue weighted by Crippen LogP contribution is 2.26. The number of aromatic nitrogens is 3. The van der Waals surface area contributed by atoms with E-state index >= 15 is 0 Å². The zero-order valence-corrected chi connectivity index (χ0v) is 15.2. The molecule has 0 spiro atoms. The van der Waals surface area contributed by atoms with Gasteiger partial charge in [0.25, 0.3) is 5.91 Å². The number of nitrogens with zero attached hydrogens (tertiary/aromatic N) is 3. The van der Waals surface area contributed by atoms with Crippen LogP contribution in [0, 0.1) is 13.8 Å². The van der Waals surface area contributed by atoms with Crippen molar-refractivity contribution < 1.29 is 4.79 Å². The highest BCUT2D eigenvalue weighted by molar-refractivity contribution is 7.18. The van der Waals surface area contributed by atoms with Crippen LogP contribution < -0.4 is 5.32 Å². The van der Waals surface area contributed by atoms with E-state index in [1.54, 1.807) is 0 Å². The second-order valence-corrected chi connectivity index (χ2v) is 7.03. The van der Waals surface area contributed by atoms with Crippen LogP contribution in [0.25, 0.3) is 21.5 Å². The topological polar surface area (TPSA) is 67.8 Å². The van der Waals surface area contributed by atoms with Crippen LogP contribution in [0.2, 0.25) is 0 Å². The molecule has 0 saturated heterocycles. The van der Waals surface area contributed by atoms with E-state index in [0.717, 1.165) is 27.0 Å². The average Bonchev–Trinajstić information content (AvgIpc) is 3.10. The van der Waals surface area contributed by atoms with Crippen LogP contribution >= 0.6 is 11.3 Å². The van der Waals surface area contributed by atoms with Crippen molar-refractivity contribution in [3.05, 3.63) is 71.4 Å². The summed E-state index contributed by atoms with van der Waals surface area (Å²) in [7, 11) is 0. The number of rotatable bonds is 3. The second-order valence-electron chi connectivity index (χ2n) is 6.05. The molecular weight excluding hydrogens is 344 g/mol. The first kappa shape index (κ1) is 16.4. The molecule has 26 heavy (non-hydrogen) atoms. The summed E-state index contributed by atoms with van der Waals surface area (Å²) < 4.78 is 0. The van der Waals surface area contributed by atoms with E-state index in [9.17, 15) is 4.79 Å². The summed E-state index contributed by atoms with van der Waals surface area (Å²) in [6.45, 7) is 3.86. The summed E-state index contributed by atoms with van der Waals surface area (Å²) >= 11 is 1.35. The van der Waals surface area contributed by atoms with Gasteiger partial charge in [-0.3, -0.25) is 15.1 Å². The minimum Gasteiger partial charge on any atom is -0.296 e. The van der Waals surface area contributed by atoms with Gasteiger partial charge in [-0.1, -0.05) is 53.3 Å². The molecule has 1 amide bonds. The van der Waals surface area contributed by atoms with Crippen LogP contribution in [0.15, 0.2) is 54.6 Å². The van der Waals surface area contributed by atoms with E-state index in [0.29, 0.717) is 16.4 Å². The van der Waals surface area contributed by atoms with Crippen molar-refractivity contribution in [2.24, 2.45) is 0 Å². The van der Waals surface area contributed by atoms with Crippen LogP contribution in [0.3, 0.4) is 0 Å². The molecule has 0 bridgehead atoms.